The van der Waals surface area contributed by atoms with Gasteiger partial charge in [0.1, 0.15) is 17.1 Å². The van der Waals surface area contributed by atoms with E-state index in [1.54, 1.807) is 6.07 Å². The average Bonchev–Trinajstić information content (AvgIpc) is 3.22. The Kier molecular flexibility index (Phi) is 4.91. The molecule has 1 aliphatic heterocycles. The number of hydrogen-bond donors (Lipinski definition) is 2. The molecule has 5 nitrogen and oxygen atoms in total. The molecular weight excluding hydrogens is 362 g/mol. The van der Waals surface area contributed by atoms with Gasteiger partial charge in [0.05, 0.1) is 6.04 Å². The van der Waals surface area contributed by atoms with Crippen LogP contribution in [-0.4, -0.2) is 32.7 Å². The summed E-state index contributed by atoms with van der Waals surface area (Å²) in [5.74, 6) is 0.160. The van der Waals surface area contributed by atoms with Crippen molar-refractivity contribution in [1.29, 1.82) is 0 Å². The van der Waals surface area contributed by atoms with Crippen molar-refractivity contribution in [2.24, 2.45) is 0 Å². The number of phenols is 1. The average molecular weight is 389 g/mol. The number of amides is 1. The molecule has 0 spiro atoms. The molecule has 1 atom stereocenters. The summed E-state index contributed by atoms with van der Waals surface area (Å²) in [6, 6.07) is 12.0. The van der Waals surface area contributed by atoms with E-state index < -0.39 is 0 Å². The van der Waals surface area contributed by atoms with Crippen LogP contribution in [0.3, 0.4) is 0 Å². The molecule has 1 amide bonds. The highest BCUT2D eigenvalue weighted by atomic mass is 16.3. The number of H-pyrrole nitrogens is 1. The van der Waals surface area contributed by atoms with Crippen LogP contribution >= 0.6 is 0 Å². The molecule has 29 heavy (non-hydrogen) atoms. The second-order valence-electron chi connectivity index (χ2n) is 7.83. The number of aryl methyl sites for hydroxylation is 3. The van der Waals surface area contributed by atoms with Crippen molar-refractivity contribution in [3.63, 3.8) is 0 Å². The molecule has 0 radical (unpaired) electrons. The van der Waals surface area contributed by atoms with Gasteiger partial charge in [-0.3, -0.25) is 9.89 Å². The van der Waals surface area contributed by atoms with Gasteiger partial charge in [0.25, 0.3) is 5.91 Å². The van der Waals surface area contributed by atoms with E-state index in [9.17, 15) is 9.90 Å². The summed E-state index contributed by atoms with van der Waals surface area (Å²) in [6.07, 6.45) is 1.85. The van der Waals surface area contributed by atoms with E-state index in [1.165, 1.54) is 5.56 Å². The number of nitrogens with zero attached hydrogens (tertiary/aromatic N) is 2. The van der Waals surface area contributed by atoms with Crippen molar-refractivity contribution in [3.8, 4) is 17.0 Å². The summed E-state index contributed by atoms with van der Waals surface area (Å²) in [4.78, 5) is 15.1. The smallest absolute Gasteiger partial charge is 0.273 e. The monoisotopic (exact) mass is 389 g/mol. The van der Waals surface area contributed by atoms with E-state index >= 15 is 0 Å². The largest absolute Gasteiger partial charge is 0.507 e. The summed E-state index contributed by atoms with van der Waals surface area (Å²) in [7, 11) is 0. The third-order valence-electron chi connectivity index (χ3n) is 5.73. The number of carbonyl (C=O) groups excluding carboxylic acids is 1. The Balaban J connectivity index is 1.91. The van der Waals surface area contributed by atoms with Gasteiger partial charge < -0.3 is 10.0 Å². The minimum absolute atomic E-state index is 0.0329. The molecular formula is C24H27N3O2. The lowest BCUT2D eigenvalue weighted by molar-refractivity contribution is 0.0744. The SMILES string of the molecule is CCCN1C(=O)c2[nH]nc(-c3c(C)cc(C)cc3O)c2C1c1ccc(CC)cc1. The normalized spacial score (nSPS) is 15.8. The number of nitrogens with one attached hydrogen (secondary N) is 1. The number of phenolic OH excluding ortho intramolecular Hbond substituents is 1. The summed E-state index contributed by atoms with van der Waals surface area (Å²) >= 11 is 0. The molecule has 0 saturated carbocycles. The molecule has 0 aliphatic carbocycles. The van der Waals surface area contributed by atoms with Crippen molar-refractivity contribution in [3.05, 3.63) is 69.9 Å². The number of hydrogen-bond acceptors (Lipinski definition) is 3. The van der Waals surface area contributed by atoms with E-state index in [2.05, 4.69) is 48.3 Å². The van der Waals surface area contributed by atoms with Crippen LogP contribution in [0.25, 0.3) is 11.3 Å². The van der Waals surface area contributed by atoms with E-state index in [-0.39, 0.29) is 17.7 Å². The van der Waals surface area contributed by atoms with Crippen LogP contribution in [0, 0.1) is 13.8 Å². The van der Waals surface area contributed by atoms with Gasteiger partial charge in [-0.15, -0.1) is 0 Å². The van der Waals surface area contributed by atoms with Gasteiger partial charge in [0, 0.05) is 17.7 Å². The Bertz CT molecular complexity index is 1040. The van der Waals surface area contributed by atoms with Gasteiger partial charge in [-0.2, -0.15) is 5.10 Å². The molecule has 2 aromatic carbocycles. The highest BCUT2D eigenvalue weighted by Crippen LogP contribution is 2.45. The quantitative estimate of drug-likeness (QED) is 0.651. The number of rotatable bonds is 5. The van der Waals surface area contributed by atoms with Gasteiger partial charge in [-0.1, -0.05) is 44.2 Å². The molecule has 1 aromatic heterocycles. The molecule has 3 aromatic rings. The zero-order valence-corrected chi connectivity index (χ0v) is 17.4. The van der Waals surface area contributed by atoms with Crippen LogP contribution in [-0.2, 0) is 6.42 Å². The van der Waals surface area contributed by atoms with Crippen LogP contribution in [0.15, 0.2) is 36.4 Å². The first-order valence-electron chi connectivity index (χ1n) is 10.2. The third-order valence-corrected chi connectivity index (χ3v) is 5.73. The first-order chi connectivity index (χ1) is 14.0. The Labute approximate surface area is 171 Å². The van der Waals surface area contributed by atoms with Gasteiger partial charge in [-0.25, -0.2) is 0 Å². The van der Waals surface area contributed by atoms with Crippen LogP contribution in [0.1, 0.15) is 64.6 Å². The lowest BCUT2D eigenvalue weighted by atomic mass is 9.92. The van der Waals surface area contributed by atoms with Crippen molar-refractivity contribution in [2.75, 3.05) is 6.54 Å². The number of aromatic hydroxyl groups is 1. The molecule has 0 saturated heterocycles. The zero-order chi connectivity index (χ0) is 20.7. The first-order valence-corrected chi connectivity index (χ1v) is 10.2. The van der Waals surface area contributed by atoms with Crippen LogP contribution in [0.2, 0.25) is 0 Å². The van der Waals surface area contributed by atoms with Crippen molar-refractivity contribution in [1.82, 2.24) is 15.1 Å². The molecule has 2 N–H and O–H groups in total. The molecule has 150 valence electrons. The number of fused-ring (bicyclic) bond motifs is 1. The Hall–Kier alpha value is -3.08. The van der Waals surface area contributed by atoms with Gasteiger partial charge >= 0.3 is 0 Å². The fourth-order valence-electron chi connectivity index (χ4n) is 4.39. The predicted molar refractivity (Wildman–Crippen MR) is 114 cm³/mol. The maximum absolute atomic E-state index is 13.2. The van der Waals surface area contributed by atoms with E-state index in [0.29, 0.717) is 23.5 Å². The van der Waals surface area contributed by atoms with E-state index in [4.69, 9.17) is 0 Å². The number of aromatic amines is 1. The van der Waals surface area contributed by atoms with Crippen molar-refractivity contribution in [2.45, 2.75) is 46.6 Å². The fraction of sp³-hybridized carbons (Fsp3) is 0.333. The predicted octanol–water partition coefficient (Wildman–Crippen LogP) is 4.92. The second-order valence-corrected chi connectivity index (χ2v) is 7.83. The maximum Gasteiger partial charge on any atom is 0.273 e. The van der Waals surface area contributed by atoms with Gasteiger partial charge in [0.15, 0.2) is 0 Å². The maximum atomic E-state index is 13.2. The highest BCUT2D eigenvalue weighted by Gasteiger charge is 2.42. The summed E-state index contributed by atoms with van der Waals surface area (Å²) in [5, 5.41) is 18.1. The van der Waals surface area contributed by atoms with Crippen LogP contribution in [0.4, 0.5) is 0 Å². The Morgan fingerprint density at radius 2 is 1.86 bits per heavy atom. The van der Waals surface area contributed by atoms with Crippen LogP contribution in [0.5, 0.6) is 5.75 Å². The summed E-state index contributed by atoms with van der Waals surface area (Å²) in [6.45, 7) is 8.80. The van der Waals surface area contributed by atoms with Gasteiger partial charge in [-0.05, 0) is 55.0 Å². The highest BCUT2D eigenvalue weighted by molar-refractivity contribution is 6.00. The molecule has 1 aliphatic rings. The Morgan fingerprint density at radius 1 is 1.14 bits per heavy atom. The molecule has 2 heterocycles. The third kappa shape index (κ3) is 3.11. The number of aromatic nitrogens is 2. The fourth-order valence-corrected chi connectivity index (χ4v) is 4.39. The zero-order valence-electron chi connectivity index (χ0n) is 17.4. The standard InChI is InChI=1S/C24H27N3O2/c1-5-11-27-23(17-9-7-16(6-2)8-10-17)20-21(25-26-22(20)24(27)29)19-15(4)12-14(3)13-18(19)28/h7-10,12-13,23,28H,5-6,11H2,1-4H3,(H,25,26). The van der Waals surface area contributed by atoms with Crippen molar-refractivity contribution >= 4 is 5.91 Å². The lowest BCUT2D eigenvalue weighted by Gasteiger charge is -2.26. The molecule has 0 fully saturated rings. The minimum atomic E-state index is -0.211. The Morgan fingerprint density at radius 3 is 2.48 bits per heavy atom. The second kappa shape index (κ2) is 7.39. The van der Waals surface area contributed by atoms with E-state index in [1.807, 2.05) is 24.8 Å². The lowest BCUT2D eigenvalue weighted by Crippen LogP contribution is -2.30. The number of benzene rings is 2. The molecule has 0 bridgehead atoms. The first kappa shape index (κ1) is 19.2. The van der Waals surface area contributed by atoms with Gasteiger partial charge in [0.2, 0.25) is 0 Å². The van der Waals surface area contributed by atoms with Crippen LogP contribution < -0.4 is 0 Å². The molecule has 4 rings (SSSR count). The topological polar surface area (TPSA) is 69.2 Å². The minimum Gasteiger partial charge on any atom is -0.507 e. The van der Waals surface area contributed by atoms with E-state index in [0.717, 1.165) is 35.1 Å². The summed E-state index contributed by atoms with van der Waals surface area (Å²) < 4.78 is 0. The number of carbonyl (C=O) groups is 1. The molecule has 1 unspecified atom stereocenters. The van der Waals surface area contributed by atoms with Crippen molar-refractivity contribution < 1.29 is 9.90 Å². The molecule has 5 heteroatoms. The summed E-state index contributed by atoms with van der Waals surface area (Å²) in [5.41, 5.74) is 6.99.